The summed E-state index contributed by atoms with van der Waals surface area (Å²) in [5.41, 5.74) is 1.02. The SMILES string of the molecule is CCOc1ccccc1CN(C)C(=O)C1COCCN1. The van der Waals surface area contributed by atoms with Crippen LogP contribution in [0.5, 0.6) is 5.75 Å². The quantitative estimate of drug-likeness (QED) is 0.874. The summed E-state index contributed by atoms with van der Waals surface area (Å²) >= 11 is 0. The zero-order chi connectivity index (χ0) is 14.4. The first-order valence-electron chi connectivity index (χ1n) is 6.99. The van der Waals surface area contributed by atoms with Crippen molar-refractivity contribution in [3.05, 3.63) is 29.8 Å². The van der Waals surface area contributed by atoms with E-state index in [2.05, 4.69) is 5.32 Å². The minimum absolute atomic E-state index is 0.0519. The van der Waals surface area contributed by atoms with Crippen molar-refractivity contribution in [2.75, 3.05) is 33.4 Å². The van der Waals surface area contributed by atoms with Crippen molar-refractivity contribution >= 4 is 5.91 Å². The zero-order valence-electron chi connectivity index (χ0n) is 12.1. The fourth-order valence-corrected chi connectivity index (χ4v) is 2.25. The standard InChI is InChI=1S/C15H22N2O3/c1-3-20-14-7-5-4-6-12(14)10-17(2)15(18)13-11-19-9-8-16-13/h4-7,13,16H,3,8-11H2,1-2H3. The maximum absolute atomic E-state index is 12.3. The fourth-order valence-electron chi connectivity index (χ4n) is 2.25. The highest BCUT2D eigenvalue weighted by Gasteiger charge is 2.24. The third-order valence-electron chi connectivity index (χ3n) is 3.28. The number of hydrogen-bond acceptors (Lipinski definition) is 4. The van der Waals surface area contributed by atoms with Crippen LogP contribution in [-0.4, -0.2) is 50.3 Å². The fraction of sp³-hybridized carbons (Fsp3) is 0.533. The van der Waals surface area contributed by atoms with Gasteiger partial charge in [-0.3, -0.25) is 4.79 Å². The van der Waals surface area contributed by atoms with Crippen molar-refractivity contribution < 1.29 is 14.3 Å². The molecule has 1 N–H and O–H groups in total. The van der Waals surface area contributed by atoms with Gasteiger partial charge in [0.1, 0.15) is 11.8 Å². The molecule has 1 aromatic carbocycles. The molecule has 0 aromatic heterocycles. The van der Waals surface area contributed by atoms with Crippen molar-refractivity contribution in [2.45, 2.75) is 19.5 Å². The summed E-state index contributed by atoms with van der Waals surface area (Å²) < 4.78 is 10.9. The van der Waals surface area contributed by atoms with E-state index in [4.69, 9.17) is 9.47 Å². The first-order chi connectivity index (χ1) is 9.72. The summed E-state index contributed by atoms with van der Waals surface area (Å²) in [5.74, 6) is 0.888. The molecule has 20 heavy (non-hydrogen) atoms. The molecular weight excluding hydrogens is 256 g/mol. The second kappa shape index (κ2) is 7.26. The Bertz CT molecular complexity index is 444. The van der Waals surface area contributed by atoms with Crippen LogP contribution in [0.4, 0.5) is 0 Å². The van der Waals surface area contributed by atoms with Crippen LogP contribution in [0.15, 0.2) is 24.3 Å². The van der Waals surface area contributed by atoms with Crippen LogP contribution < -0.4 is 10.1 Å². The number of carbonyl (C=O) groups excluding carboxylic acids is 1. The molecule has 2 rings (SSSR count). The Morgan fingerprint density at radius 3 is 3.00 bits per heavy atom. The van der Waals surface area contributed by atoms with E-state index in [9.17, 15) is 4.79 Å². The molecule has 1 aliphatic heterocycles. The number of ether oxygens (including phenoxy) is 2. The molecular formula is C15H22N2O3. The van der Waals surface area contributed by atoms with E-state index in [-0.39, 0.29) is 11.9 Å². The lowest BCUT2D eigenvalue weighted by atomic mass is 10.1. The summed E-state index contributed by atoms with van der Waals surface area (Å²) in [7, 11) is 1.81. The van der Waals surface area contributed by atoms with Crippen molar-refractivity contribution in [1.29, 1.82) is 0 Å². The molecule has 110 valence electrons. The van der Waals surface area contributed by atoms with Gasteiger partial charge in [-0.25, -0.2) is 0 Å². The minimum atomic E-state index is -0.243. The molecule has 0 radical (unpaired) electrons. The Morgan fingerprint density at radius 2 is 2.30 bits per heavy atom. The second-order valence-electron chi connectivity index (χ2n) is 4.82. The molecule has 1 aromatic rings. The van der Waals surface area contributed by atoms with Gasteiger partial charge >= 0.3 is 0 Å². The van der Waals surface area contributed by atoms with Crippen LogP contribution >= 0.6 is 0 Å². The Morgan fingerprint density at radius 1 is 1.50 bits per heavy atom. The van der Waals surface area contributed by atoms with Gasteiger partial charge in [-0.2, -0.15) is 0 Å². The molecule has 1 heterocycles. The highest BCUT2D eigenvalue weighted by molar-refractivity contribution is 5.82. The van der Waals surface area contributed by atoms with Gasteiger partial charge in [-0.05, 0) is 13.0 Å². The largest absolute Gasteiger partial charge is 0.494 e. The summed E-state index contributed by atoms with van der Waals surface area (Å²) in [6, 6.07) is 7.57. The smallest absolute Gasteiger partial charge is 0.242 e. The third kappa shape index (κ3) is 3.71. The van der Waals surface area contributed by atoms with Gasteiger partial charge in [0, 0.05) is 25.7 Å². The topological polar surface area (TPSA) is 50.8 Å². The summed E-state index contributed by atoms with van der Waals surface area (Å²) in [5, 5.41) is 3.18. The Balaban J connectivity index is 1.99. The zero-order valence-corrected chi connectivity index (χ0v) is 12.1. The number of nitrogens with one attached hydrogen (secondary N) is 1. The number of benzene rings is 1. The molecule has 5 heteroatoms. The molecule has 5 nitrogen and oxygen atoms in total. The molecule has 1 unspecified atom stereocenters. The van der Waals surface area contributed by atoms with Gasteiger partial charge in [-0.1, -0.05) is 18.2 Å². The maximum atomic E-state index is 12.3. The number of carbonyl (C=O) groups is 1. The minimum Gasteiger partial charge on any atom is -0.494 e. The van der Waals surface area contributed by atoms with Crippen molar-refractivity contribution in [1.82, 2.24) is 10.2 Å². The van der Waals surface area contributed by atoms with E-state index in [0.717, 1.165) is 17.9 Å². The molecule has 1 aliphatic rings. The highest BCUT2D eigenvalue weighted by Crippen LogP contribution is 2.19. The molecule has 1 fully saturated rings. The summed E-state index contributed by atoms with van der Waals surface area (Å²) in [6.45, 7) is 4.94. The van der Waals surface area contributed by atoms with Crippen molar-refractivity contribution in [2.24, 2.45) is 0 Å². The monoisotopic (exact) mass is 278 g/mol. The van der Waals surface area contributed by atoms with Crippen LogP contribution in [0.25, 0.3) is 0 Å². The van der Waals surface area contributed by atoms with Crippen LogP contribution in [0, 0.1) is 0 Å². The van der Waals surface area contributed by atoms with E-state index in [0.29, 0.717) is 26.4 Å². The molecule has 0 bridgehead atoms. The lowest BCUT2D eigenvalue weighted by molar-refractivity contribution is -0.135. The van der Waals surface area contributed by atoms with E-state index < -0.39 is 0 Å². The lowest BCUT2D eigenvalue weighted by Gasteiger charge is -2.28. The van der Waals surface area contributed by atoms with Crippen LogP contribution in [0.1, 0.15) is 12.5 Å². The molecule has 0 aliphatic carbocycles. The molecule has 1 saturated heterocycles. The summed E-state index contributed by atoms with van der Waals surface area (Å²) in [4.78, 5) is 14.0. The van der Waals surface area contributed by atoms with Gasteiger partial charge in [0.2, 0.25) is 5.91 Å². The number of para-hydroxylation sites is 1. The molecule has 0 spiro atoms. The Kier molecular flexibility index (Phi) is 5.38. The van der Waals surface area contributed by atoms with Gasteiger partial charge in [-0.15, -0.1) is 0 Å². The predicted octanol–water partition coefficient (Wildman–Crippen LogP) is 1.03. The van der Waals surface area contributed by atoms with E-state index in [1.54, 1.807) is 11.9 Å². The van der Waals surface area contributed by atoms with E-state index in [1.165, 1.54) is 0 Å². The first kappa shape index (κ1) is 14.8. The van der Waals surface area contributed by atoms with Gasteiger partial charge in [0.15, 0.2) is 0 Å². The van der Waals surface area contributed by atoms with E-state index >= 15 is 0 Å². The predicted molar refractivity (Wildman–Crippen MR) is 76.7 cm³/mol. The van der Waals surface area contributed by atoms with E-state index in [1.807, 2.05) is 31.2 Å². The number of hydrogen-bond donors (Lipinski definition) is 1. The number of morpholine rings is 1. The average Bonchev–Trinajstić information content (AvgIpc) is 2.49. The van der Waals surface area contributed by atoms with Crippen molar-refractivity contribution in [3.8, 4) is 5.75 Å². The van der Waals surface area contributed by atoms with Crippen LogP contribution in [0.3, 0.4) is 0 Å². The van der Waals surface area contributed by atoms with Crippen LogP contribution in [-0.2, 0) is 16.1 Å². The van der Waals surface area contributed by atoms with Gasteiger partial charge in [0.05, 0.1) is 19.8 Å². The number of likely N-dealkylation sites (N-methyl/N-ethyl adjacent to an activating group) is 1. The normalized spacial score (nSPS) is 18.6. The molecule has 1 amide bonds. The summed E-state index contributed by atoms with van der Waals surface area (Å²) in [6.07, 6.45) is 0. The molecule has 1 atom stereocenters. The third-order valence-corrected chi connectivity index (χ3v) is 3.28. The second-order valence-corrected chi connectivity index (χ2v) is 4.82. The molecule has 0 saturated carbocycles. The van der Waals surface area contributed by atoms with Gasteiger partial charge < -0.3 is 19.7 Å². The number of amides is 1. The van der Waals surface area contributed by atoms with Crippen LogP contribution in [0.2, 0.25) is 0 Å². The maximum Gasteiger partial charge on any atom is 0.242 e. The first-order valence-corrected chi connectivity index (χ1v) is 6.99. The lowest BCUT2D eigenvalue weighted by Crippen LogP contribution is -2.51. The Hall–Kier alpha value is -1.59. The average molecular weight is 278 g/mol. The van der Waals surface area contributed by atoms with Gasteiger partial charge in [0.25, 0.3) is 0 Å². The number of nitrogens with zero attached hydrogens (tertiary/aromatic N) is 1. The Labute approximate surface area is 119 Å². The highest BCUT2D eigenvalue weighted by atomic mass is 16.5. The number of rotatable bonds is 5. The van der Waals surface area contributed by atoms with Crippen molar-refractivity contribution in [3.63, 3.8) is 0 Å².